The Bertz CT molecular complexity index is 457. The molecule has 0 aliphatic heterocycles. The molecule has 0 amide bonds. The van der Waals surface area contributed by atoms with E-state index in [2.05, 4.69) is 0 Å². The van der Waals surface area contributed by atoms with Gasteiger partial charge in [-0.25, -0.2) is 0 Å². The smallest absolute Gasteiger partial charge is 0.291 e. The van der Waals surface area contributed by atoms with E-state index in [0.29, 0.717) is 0 Å². The van der Waals surface area contributed by atoms with Crippen LogP contribution < -0.4 is 5.48 Å². The van der Waals surface area contributed by atoms with Crippen molar-refractivity contribution in [1.82, 2.24) is 0 Å². The van der Waals surface area contributed by atoms with E-state index in [9.17, 15) is 8.42 Å². The summed E-state index contributed by atoms with van der Waals surface area (Å²) in [5.41, 5.74) is 2.12. The van der Waals surface area contributed by atoms with Crippen LogP contribution in [0.25, 0.3) is 0 Å². The quantitative estimate of drug-likeness (QED) is 0.538. The number of hydrogen-bond donors (Lipinski definition) is 3. The molecule has 0 aromatic heterocycles. The molecule has 3 N–H and O–H groups in total. The zero-order valence-electron chi connectivity index (χ0n) is 7.15. The zero-order chi connectivity index (χ0) is 10.9. The van der Waals surface area contributed by atoms with E-state index in [4.69, 9.17) is 21.4 Å². The molecule has 0 heterocycles. The first kappa shape index (κ1) is 11.3. The highest BCUT2D eigenvalue weighted by Gasteiger charge is 2.19. The van der Waals surface area contributed by atoms with Crippen molar-refractivity contribution in [3.63, 3.8) is 0 Å². The molecular formula is C7H8ClNO4S. The molecule has 78 valence electrons. The van der Waals surface area contributed by atoms with Gasteiger partial charge in [0.15, 0.2) is 0 Å². The van der Waals surface area contributed by atoms with Gasteiger partial charge in [0.05, 0.1) is 10.7 Å². The minimum absolute atomic E-state index is 0.0935. The van der Waals surface area contributed by atoms with Gasteiger partial charge in [-0.15, -0.1) is 0 Å². The Morgan fingerprint density at radius 1 is 1.43 bits per heavy atom. The van der Waals surface area contributed by atoms with E-state index < -0.39 is 15.0 Å². The molecule has 0 aliphatic rings. The summed E-state index contributed by atoms with van der Waals surface area (Å²) in [6, 6.07) is 2.66. The van der Waals surface area contributed by atoms with Crippen LogP contribution in [0.15, 0.2) is 17.0 Å². The van der Waals surface area contributed by atoms with Gasteiger partial charge in [-0.2, -0.15) is 8.42 Å². The average molecular weight is 238 g/mol. The van der Waals surface area contributed by atoms with Gasteiger partial charge in [0.25, 0.3) is 10.1 Å². The van der Waals surface area contributed by atoms with Gasteiger partial charge < -0.3 is 0 Å². The van der Waals surface area contributed by atoms with Crippen LogP contribution in [0.4, 0.5) is 5.69 Å². The van der Waals surface area contributed by atoms with Crippen molar-refractivity contribution in [3.8, 4) is 0 Å². The molecule has 1 aromatic carbocycles. The molecule has 14 heavy (non-hydrogen) atoms. The number of hydrogen-bond acceptors (Lipinski definition) is 4. The molecule has 0 saturated carbocycles. The van der Waals surface area contributed by atoms with Gasteiger partial charge in [0, 0.05) is 0 Å². The Hall–Kier alpha value is -0.820. The Morgan fingerprint density at radius 3 is 2.43 bits per heavy atom. The fourth-order valence-electron chi connectivity index (χ4n) is 1.10. The summed E-state index contributed by atoms with van der Waals surface area (Å²) < 4.78 is 30.7. The number of nitrogens with one attached hydrogen (secondary N) is 1. The summed E-state index contributed by atoms with van der Waals surface area (Å²) in [4.78, 5) is -0.404. The molecular weight excluding hydrogens is 230 g/mol. The Morgan fingerprint density at radius 2 is 2.00 bits per heavy atom. The molecule has 0 unspecified atom stereocenters. The maximum absolute atomic E-state index is 10.9. The van der Waals surface area contributed by atoms with Crippen LogP contribution in [-0.4, -0.2) is 18.2 Å². The SMILES string of the molecule is Cc1c(NO)ccc(Cl)c1S(=O)(=O)O. The van der Waals surface area contributed by atoms with E-state index in [1.165, 1.54) is 19.1 Å². The van der Waals surface area contributed by atoms with Crippen LogP contribution in [0.2, 0.25) is 5.02 Å². The van der Waals surface area contributed by atoms with Gasteiger partial charge >= 0.3 is 0 Å². The second kappa shape index (κ2) is 3.74. The zero-order valence-corrected chi connectivity index (χ0v) is 8.72. The van der Waals surface area contributed by atoms with E-state index >= 15 is 0 Å². The van der Waals surface area contributed by atoms with Crippen molar-refractivity contribution in [3.05, 3.63) is 22.7 Å². The molecule has 0 radical (unpaired) electrons. The van der Waals surface area contributed by atoms with Gasteiger partial charge in [0.2, 0.25) is 0 Å². The fourth-order valence-corrected chi connectivity index (χ4v) is 2.40. The van der Waals surface area contributed by atoms with Crippen molar-refractivity contribution in [2.75, 3.05) is 5.48 Å². The van der Waals surface area contributed by atoms with Gasteiger partial charge in [-0.1, -0.05) is 11.6 Å². The lowest BCUT2D eigenvalue weighted by molar-refractivity contribution is 0.388. The van der Waals surface area contributed by atoms with Crippen molar-refractivity contribution >= 4 is 27.4 Å². The second-order valence-corrected chi connectivity index (χ2v) is 4.40. The highest BCUT2D eigenvalue weighted by Crippen LogP contribution is 2.29. The third-order valence-corrected chi connectivity index (χ3v) is 3.21. The van der Waals surface area contributed by atoms with Crippen LogP contribution in [-0.2, 0) is 10.1 Å². The Labute approximate surface area is 86.0 Å². The first-order chi connectivity index (χ1) is 6.38. The van der Waals surface area contributed by atoms with Crippen LogP contribution in [0.3, 0.4) is 0 Å². The van der Waals surface area contributed by atoms with Crippen molar-refractivity contribution < 1.29 is 18.2 Å². The van der Waals surface area contributed by atoms with Gasteiger partial charge in [-0.3, -0.25) is 15.2 Å². The lowest BCUT2D eigenvalue weighted by Gasteiger charge is -2.09. The Balaban J connectivity index is 3.57. The molecule has 0 spiro atoms. The molecule has 0 atom stereocenters. The molecule has 0 bridgehead atoms. The van der Waals surface area contributed by atoms with Crippen LogP contribution in [0.1, 0.15) is 5.56 Å². The Kier molecular flexibility index (Phi) is 3.01. The summed E-state index contributed by atoms with van der Waals surface area (Å²) in [7, 11) is -4.38. The van der Waals surface area contributed by atoms with Crippen molar-refractivity contribution in [2.24, 2.45) is 0 Å². The lowest BCUT2D eigenvalue weighted by Crippen LogP contribution is -2.04. The number of rotatable bonds is 2. The third kappa shape index (κ3) is 1.98. The molecule has 0 aliphatic carbocycles. The highest BCUT2D eigenvalue weighted by atomic mass is 35.5. The van der Waals surface area contributed by atoms with Gasteiger partial charge in [0.1, 0.15) is 4.90 Å². The molecule has 7 heteroatoms. The minimum atomic E-state index is -4.38. The molecule has 1 rings (SSSR count). The predicted octanol–water partition coefficient (Wildman–Crippen LogP) is 1.70. The van der Waals surface area contributed by atoms with Crippen LogP contribution in [0, 0.1) is 6.92 Å². The number of halogens is 1. The third-order valence-electron chi connectivity index (χ3n) is 1.74. The summed E-state index contributed by atoms with van der Waals surface area (Å²) in [6.07, 6.45) is 0. The van der Waals surface area contributed by atoms with E-state index in [0.717, 1.165) is 0 Å². The topological polar surface area (TPSA) is 86.6 Å². The first-order valence-corrected chi connectivity index (χ1v) is 5.36. The van der Waals surface area contributed by atoms with Gasteiger partial charge in [-0.05, 0) is 24.6 Å². The average Bonchev–Trinajstić information content (AvgIpc) is 2.02. The summed E-state index contributed by atoms with van der Waals surface area (Å²) >= 11 is 5.59. The minimum Gasteiger partial charge on any atom is -0.291 e. The lowest BCUT2D eigenvalue weighted by atomic mass is 10.2. The molecule has 1 aromatic rings. The maximum atomic E-state index is 10.9. The maximum Gasteiger partial charge on any atom is 0.296 e. The highest BCUT2D eigenvalue weighted by molar-refractivity contribution is 7.86. The number of anilines is 1. The van der Waals surface area contributed by atoms with Crippen LogP contribution >= 0.6 is 11.6 Å². The van der Waals surface area contributed by atoms with Crippen LogP contribution in [0.5, 0.6) is 0 Å². The predicted molar refractivity (Wildman–Crippen MR) is 51.4 cm³/mol. The van der Waals surface area contributed by atoms with E-state index in [1.807, 2.05) is 0 Å². The van der Waals surface area contributed by atoms with Crippen molar-refractivity contribution in [1.29, 1.82) is 0 Å². The number of benzene rings is 1. The summed E-state index contributed by atoms with van der Waals surface area (Å²) in [6.45, 7) is 1.41. The molecule has 0 saturated heterocycles. The fraction of sp³-hybridized carbons (Fsp3) is 0.143. The standard InChI is InChI=1S/C7H8ClNO4S/c1-4-6(9-10)3-2-5(8)7(4)14(11,12)13/h2-3,9-10H,1H3,(H,11,12,13). The van der Waals surface area contributed by atoms with E-state index in [1.54, 1.807) is 5.48 Å². The monoisotopic (exact) mass is 237 g/mol. The summed E-state index contributed by atoms with van der Waals surface area (Å²) in [5.74, 6) is 0. The normalized spacial score (nSPS) is 11.4. The summed E-state index contributed by atoms with van der Waals surface area (Å²) in [5, 5.41) is 8.54. The molecule has 0 fully saturated rings. The largest absolute Gasteiger partial charge is 0.296 e. The van der Waals surface area contributed by atoms with Crippen molar-refractivity contribution in [2.45, 2.75) is 11.8 Å². The van der Waals surface area contributed by atoms with E-state index in [-0.39, 0.29) is 16.3 Å². The first-order valence-electron chi connectivity index (χ1n) is 3.54. The molecule has 5 nitrogen and oxygen atoms in total. The second-order valence-electron chi connectivity index (χ2n) is 2.64.